The average molecular weight is 239 g/mol. The predicted octanol–water partition coefficient (Wildman–Crippen LogP) is 1.16. The van der Waals surface area contributed by atoms with Crippen LogP contribution in [0.5, 0.6) is 5.75 Å². The number of H-pyrrole nitrogens is 1. The van der Waals surface area contributed by atoms with Crippen molar-refractivity contribution in [1.82, 2.24) is 4.98 Å². The largest absolute Gasteiger partial charge is 0.439 e. The Labute approximate surface area is 102 Å². The van der Waals surface area contributed by atoms with E-state index in [4.69, 9.17) is 15.7 Å². The molecule has 0 fully saturated rings. The second-order valence-corrected chi connectivity index (χ2v) is 4.04. The van der Waals surface area contributed by atoms with Gasteiger partial charge in [0, 0.05) is 11.8 Å². The number of para-hydroxylation sites is 1. The number of benzene rings is 1. The third kappa shape index (κ3) is 1.36. The minimum absolute atomic E-state index is 0.0701. The molecule has 0 bridgehead atoms. The molecule has 3 N–H and O–H groups in total. The number of pyridine rings is 1. The standard InChI is InChI=1S/C13H9N3O2/c14-6-7-5-9-11(18-12(7)15)8-3-1-2-4-10(8)16-13(9)17/h1-4H,5,15H2,(H,16,17). The maximum atomic E-state index is 11.9. The van der Waals surface area contributed by atoms with Crippen molar-refractivity contribution in [3.05, 3.63) is 51.6 Å². The van der Waals surface area contributed by atoms with E-state index in [1.54, 1.807) is 6.07 Å². The normalized spacial score (nSPS) is 13.9. The molecule has 1 aromatic heterocycles. The van der Waals surface area contributed by atoms with E-state index in [1.807, 2.05) is 24.3 Å². The molecule has 0 aliphatic carbocycles. The molecule has 5 nitrogen and oxygen atoms in total. The number of allylic oxidation sites excluding steroid dienone is 1. The van der Waals surface area contributed by atoms with E-state index < -0.39 is 0 Å². The highest BCUT2D eigenvalue weighted by Crippen LogP contribution is 2.32. The van der Waals surface area contributed by atoms with Gasteiger partial charge in [-0.1, -0.05) is 12.1 Å². The molecule has 0 atom stereocenters. The average Bonchev–Trinajstić information content (AvgIpc) is 2.38. The van der Waals surface area contributed by atoms with Gasteiger partial charge in [0.25, 0.3) is 5.56 Å². The fourth-order valence-electron chi connectivity index (χ4n) is 2.06. The Morgan fingerprint density at radius 1 is 1.39 bits per heavy atom. The first-order chi connectivity index (χ1) is 8.70. The fourth-order valence-corrected chi connectivity index (χ4v) is 2.06. The Balaban J connectivity index is 2.35. The lowest BCUT2D eigenvalue weighted by molar-refractivity contribution is 0.403. The van der Waals surface area contributed by atoms with Crippen molar-refractivity contribution >= 4 is 10.9 Å². The van der Waals surface area contributed by atoms with Gasteiger partial charge < -0.3 is 15.5 Å². The zero-order chi connectivity index (χ0) is 12.7. The highest BCUT2D eigenvalue weighted by Gasteiger charge is 2.23. The van der Waals surface area contributed by atoms with Crippen molar-refractivity contribution in [1.29, 1.82) is 5.26 Å². The summed E-state index contributed by atoms with van der Waals surface area (Å²) in [5.41, 5.74) is 6.84. The van der Waals surface area contributed by atoms with Crippen LogP contribution in [0.4, 0.5) is 0 Å². The second-order valence-electron chi connectivity index (χ2n) is 4.04. The number of nitrogens with zero attached hydrogens (tertiary/aromatic N) is 1. The van der Waals surface area contributed by atoms with Gasteiger partial charge in [-0.2, -0.15) is 5.26 Å². The quantitative estimate of drug-likeness (QED) is 0.721. The van der Waals surface area contributed by atoms with Gasteiger partial charge in [-0.3, -0.25) is 4.79 Å². The van der Waals surface area contributed by atoms with Crippen LogP contribution < -0.4 is 16.0 Å². The molecule has 1 aliphatic heterocycles. The first-order valence-corrected chi connectivity index (χ1v) is 5.41. The monoisotopic (exact) mass is 239 g/mol. The summed E-state index contributed by atoms with van der Waals surface area (Å²) in [6.45, 7) is 0. The summed E-state index contributed by atoms with van der Waals surface area (Å²) in [6.07, 6.45) is 0.206. The fraction of sp³-hybridized carbons (Fsp3) is 0.0769. The summed E-state index contributed by atoms with van der Waals surface area (Å²) < 4.78 is 5.44. The van der Waals surface area contributed by atoms with Crippen LogP contribution in [0.15, 0.2) is 40.5 Å². The third-order valence-corrected chi connectivity index (χ3v) is 2.97. The molecule has 1 aliphatic rings. The number of hydrogen-bond acceptors (Lipinski definition) is 4. The number of nitrogens with two attached hydrogens (primary N) is 1. The van der Waals surface area contributed by atoms with Crippen molar-refractivity contribution in [3.8, 4) is 11.8 Å². The summed E-state index contributed by atoms with van der Waals surface area (Å²) in [5, 5.41) is 9.70. The molecule has 5 heteroatoms. The third-order valence-electron chi connectivity index (χ3n) is 2.97. The van der Waals surface area contributed by atoms with Crippen LogP contribution in [0.25, 0.3) is 10.9 Å². The van der Waals surface area contributed by atoms with E-state index >= 15 is 0 Å². The summed E-state index contributed by atoms with van der Waals surface area (Å²) >= 11 is 0. The first-order valence-electron chi connectivity index (χ1n) is 5.41. The number of hydrogen-bond donors (Lipinski definition) is 2. The van der Waals surface area contributed by atoms with Crippen molar-refractivity contribution in [2.45, 2.75) is 6.42 Å². The Kier molecular flexibility index (Phi) is 2.10. The van der Waals surface area contributed by atoms with Crippen LogP contribution in [0, 0.1) is 11.3 Å². The molecule has 18 heavy (non-hydrogen) atoms. The number of fused-ring (bicyclic) bond motifs is 3. The number of aromatic nitrogens is 1. The number of nitriles is 1. The molecular formula is C13H9N3O2. The minimum Gasteiger partial charge on any atom is -0.439 e. The molecule has 0 unspecified atom stereocenters. The zero-order valence-corrected chi connectivity index (χ0v) is 9.36. The van der Waals surface area contributed by atoms with Crippen LogP contribution in [0.3, 0.4) is 0 Å². The van der Waals surface area contributed by atoms with Gasteiger partial charge in [0.15, 0.2) is 0 Å². The molecule has 0 spiro atoms. The molecule has 0 saturated carbocycles. The van der Waals surface area contributed by atoms with Crippen LogP contribution in [0.1, 0.15) is 5.56 Å². The van der Waals surface area contributed by atoms with E-state index in [0.29, 0.717) is 16.8 Å². The molecule has 3 rings (SSSR count). The number of aromatic amines is 1. The molecular weight excluding hydrogens is 230 g/mol. The maximum Gasteiger partial charge on any atom is 0.255 e. The van der Waals surface area contributed by atoms with Gasteiger partial charge >= 0.3 is 0 Å². The zero-order valence-electron chi connectivity index (χ0n) is 9.36. The lowest BCUT2D eigenvalue weighted by Crippen LogP contribution is -2.23. The lowest BCUT2D eigenvalue weighted by Gasteiger charge is -2.18. The molecule has 2 heterocycles. The minimum atomic E-state index is -0.246. The molecule has 0 radical (unpaired) electrons. The van der Waals surface area contributed by atoms with Crippen LogP contribution in [-0.2, 0) is 6.42 Å². The highest BCUT2D eigenvalue weighted by molar-refractivity contribution is 5.86. The highest BCUT2D eigenvalue weighted by atomic mass is 16.5. The molecule has 88 valence electrons. The molecule has 0 saturated heterocycles. The Bertz CT molecular complexity index is 781. The van der Waals surface area contributed by atoms with Gasteiger partial charge in [-0.15, -0.1) is 0 Å². The van der Waals surface area contributed by atoms with Crippen molar-refractivity contribution in [2.75, 3.05) is 0 Å². The number of ether oxygens (including phenoxy) is 1. The van der Waals surface area contributed by atoms with Crippen LogP contribution >= 0.6 is 0 Å². The predicted molar refractivity (Wildman–Crippen MR) is 65.7 cm³/mol. The topological polar surface area (TPSA) is 91.9 Å². The van der Waals surface area contributed by atoms with Gasteiger partial charge in [-0.25, -0.2) is 0 Å². The van der Waals surface area contributed by atoms with Crippen molar-refractivity contribution in [2.24, 2.45) is 5.73 Å². The van der Waals surface area contributed by atoms with Gasteiger partial charge in [0.05, 0.1) is 16.7 Å². The lowest BCUT2D eigenvalue weighted by atomic mass is 10.0. The van der Waals surface area contributed by atoms with E-state index in [-0.39, 0.29) is 23.4 Å². The Hall–Kier alpha value is -2.74. The first kappa shape index (κ1) is 10.4. The molecule has 2 aromatic rings. The van der Waals surface area contributed by atoms with Gasteiger partial charge in [0.2, 0.25) is 5.88 Å². The van der Waals surface area contributed by atoms with E-state index in [0.717, 1.165) is 5.39 Å². The second kappa shape index (κ2) is 3.64. The van der Waals surface area contributed by atoms with Crippen molar-refractivity contribution in [3.63, 3.8) is 0 Å². The maximum absolute atomic E-state index is 11.9. The van der Waals surface area contributed by atoms with Gasteiger partial charge in [-0.05, 0) is 12.1 Å². The van der Waals surface area contributed by atoms with Gasteiger partial charge in [0.1, 0.15) is 11.8 Å². The van der Waals surface area contributed by atoms with Crippen LogP contribution in [-0.4, -0.2) is 4.98 Å². The van der Waals surface area contributed by atoms with E-state index in [1.165, 1.54) is 0 Å². The Morgan fingerprint density at radius 3 is 2.94 bits per heavy atom. The summed E-state index contributed by atoms with van der Waals surface area (Å²) in [5.74, 6) is 0.520. The number of nitrogens with one attached hydrogen (secondary N) is 1. The van der Waals surface area contributed by atoms with Crippen molar-refractivity contribution < 1.29 is 4.74 Å². The smallest absolute Gasteiger partial charge is 0.255 e. The SMILES string of the molecule is N#CC1=C(N)Oc2c(c(=O)[nH]c3ccccc23)C1. The van der Waals surface area contributed by atoms with E-state index in [2.05, 4.69) is 4.98 Å². The summed E-state index contributed by atoms with van der Waals surface area (Å²) in [6, 6.07) is 9.26. The molecule has 1 aromatic carbocycles. The number of rotatable bonds is 0. The Morgan fingerprint density at radius 2 is 2.17 bits per heavy atom. The summed E-state index contributed by atoms with van der Waals surface area (Å²) in [7, 11) is 0. The molecule has 0 amide bonds. The van der Waals surface area contributed by atoms with Crippen LogP contribution in [0.2, 0.25) is 0 Å². The van der Waals surface area contributed by atoms with E-state index in [9.17, 15) is 4.79 Å². The summed E-state index contributed by atoms with van der Waals surface area (Å²) in [4.78, 5) is 14.7.